The van der Waals surface area contributed by atoms with E-state index in [1.165, 1.54) is 12.8 Å². The normalized spacial score (nSPS) is 16.6. The van der Waals surface area contributed by atoms with E-state index in [1.54, 1.807) is 13.3 Å². The lowest BCUT2D eigenvalue weighted by molar-refractivity contribution is 0.175. The Bertz CT molecular complexity index is 365. The summed E-state index contributed by atoms with van der Waals surface area (Å²) in [6, 6.07) is 3.86. The van der Waals surface area contributed by atoms with Gasteiger partial charge in [0.15, 0.2) is 0 Å². The molecule has 0 bridgehead atoms. The minimum Gasteiger partial charge on any atom is -0.385 e. The standard InChI is InChI=1S/C12H20N4O/c1-17-7-5-12(3-4-12)9-15-10-2-6-14-11(8-10)16-13/h2,6,8H,3-5,7,9,13H2,1H3,(H2,14,15,16). The highest BCUT2D eigenvalue weighted by molar-refractivity contribution is 5.51. The van der Waals surface area contributed by atoms with Gasteiger partial charge in [-0.2, -0.15) is 0 Å². The molecule has 5 nitrogen and oxygen atoms in total. The molecule has 0 saturated heterocycles. The van der Waals surface area contributed by atoms with Crippen molar-refractivity contribution in [2.75, 3.05) is 31.0 Å². The third-order valence-corrected chi connectivity index (χ3v) is 3.37. The van der Waals surface area contributed by atoms with E-state index in [0.717, 1.165) is 25.3 Å². The molecule has 5 heteroatoms. The van der Waals surface area contributed by atoms with E-state index in [9.17, 15) is 0 Å². The van der Waals surface area contributed by atoms with E-state index in [1.807, 2.05) is 12.1 Å². The van der Waals surface area contributed by atoms with Crippen molar-refractivity contribution in [3.63, 3.8) is 0 Å². The van der Waals surface area contributed by atoms with Crippen LogP contribution in [0.15, 0.2) is 18.3 Å². The van der Waals surface area contributed by atoms with Crippen LogP contribution in [0.3, 0.4) is 0 Å². The largest absolute Gasteiger partial charge is 0.385 e. The van der Waals surface area contributed by atoms with Gasteiger partial charge in [0, 0.05) is 38.2 Å². The maximum Gasteiger partial charge on any atom is 0.141 e. The molecular formula is C12H20N4O. The second-order valence-electron chi connectivity index (χ2n) is 4.67. The maximum atomic E-state index is 5.32. The van der Waals surface area contributed by atoms with E-state index in [2.05, 4.69) is 15.7 Å². The Morgan fingerprint density at radius 2 is 2.35 bits per heavy atom. The zero-order chi connectivity index (χ0) is 12.1. The summed E-state index contributed by atoms with van der Waals surface area (Å²) in [4.78, 5) is 4.07. The molecule has 0 aliphatic heterocycles. The molecule has 1 saturated carbocycles. The van der Waals surface area contributed by atoms with Gasteiger partial charge in [-0.1, -0.05) is 0 Å². The van der Waals surface area contributed by atoms with Crippen LogP contribution in [-0.2, 0) is 4.74 Å². The summed E-state index contributed by atoms with van der Waals surface area (Å²) >= 11 is 0. The first-order chi connectivity index (χ1) is 8.28. The number of rotatable bonds is 7. The Kier molecular flexibility index (Phi) is 3.81. The van der Waals surface area contributed by atoms with Gasteiger partial charge in [0.05, 0.1) is 0 Å². The predicted molar refractivity (Wildman–Crippen MR) is 68.7 cm³/mol. The van der Waals surface area contributed by atoms with Gasteiger partial charge in [0.25, 0.3) is 0 Å². The maximum absolute atomic E-state index is 5.32. The van der Waals surface area contributed by atoms with E-state index >= 15 is 0 Å². The molecule has 1 heterocycles. The molecule has 0 amide bonds. The fraction of sp³-hybridized carbons (Fsp3) is 0.583. The molecule has 1 aliphatic carbocycles. The van der Waals surface area contributed by atoms with Gasteiger partial charge in [0.1, 0.15) is 5.82 Å². The van der Waals surface area contributed by atoms with Crippen molar-refractivity contribution in [1.29, 1.82) is 0 Å². The van der Waals surface area contributed by atoms with E-state index in [4.69, 9.17) is 10.6 Å². The molecule has 0 spiro atoms. The molecule has 0 radical (unpaired) electrons. The Balaban J connectivity index is 1.85. The molecule has 94 valence electrons. The number of nitrogens with zero attached hydrogens (tertiary/aromatic N) is 1. The minimum atomic E-state index is 0.440. The average molecular weight is 236 g/mol. The second-order valence-corrected chi connectivity index (χ2v) is 4.67. The number of methoxy groups -OCH3 is 1. The van der Waals surface area contributed by atoms with E-state index < -0.39 is 0 Å². The van der Waals surface area contributed by atoms with Crippen molar-refractivity contribution < 1.29 is 4.74 Å². The Morgan fingerprint density at radius 1 is 1.53 bits per heavy atom. The summed E-state index contributed by atoms with van der Waals surface area (Å²) in [7, 11) is 1.76. The molecule has 0 atom stereocenters. The average Bonchev–Trinajstić information content (AvgIpc) is 3.15. The summed E-state index contributed by atoms with van der Waals surface area (Å²) < 4.78 is 5.14. The molecule has 1 fully saturated rings. The molecule has 1 aromatic heterocycles. The van der Waals surface area contributed by atoms with E-state index in [0.29, 0.717) is 11.2 Å². The van der Waals surface area contributed by atoms with Crippen LogP contribution in [0.25, 0.3) is 0 Å². The molecule has 2 rings (SSSR count). The van der Waals surface area contributed by atoms with Crippen LogP contribution in [0.1, 0.15) is 19.3 Å². The summed E-state index contributed by atoms with van der Waals surface area (Å²) in [6.45, 7) is 1.83. The number of nitrogen functional groups attached to an aromatic ring is 1. The van der Waals surface area contributed by atoms with Crippen LogP contribution in [-0.4, -0.2) is 25.2 Å². The number of ether oxygens (including phenoxy) is 1. The first kappa shape index (κ1) is 12.1. The number of nitrogens with two attached hydrogens (primary N) is 1. The lowest BCUT2D eigenvalue weighted by Crippen LogP contribution is -2.17. The Hall–Kier alpha value is -1.33. The number of nitrogens with one attached hydrogen (secondary N) is 2. The quantitative estimate of drug-likeness (QED) is 0.495. The van der Waals surface area contributed by atoms with Gasteiger partial charge >= 0.3 is 0 Å². The highest BCUT2D eigenvalue weighted by Crippen LogP contribution is 2.48. The molecule has 4 N–H and O–H groups in total. The third kappa shape index (κ3) is 3.31. The highest BCUT2D eigenvalue weighted by atomic mass is 16.5. The smallest absolute Gasteiger partial charge is 0.141 e. The summed E-state index contributed by atoms with van der Waals surface area (Å²) in [5.74, 6) is 6.00. The van der Waals surface area contributed by atoms with Gasteiger partial charge in [0.2, 0.25) is 0 Å². The first-order valence-corrected chi connectivity index (χ1v) is 5.93. The van der Waals surface area contributed by atoms with Gasteiger partial charge in [-0.05, 0) is 30.7 Å². The van der Waals surface area contributed by atoms with Crippen LogP contribution in [0, 0.1) is 5.41 Å². The van der Waals surface area contributed by atoms with Crippen molar-refractivity contribution in [3.8, 4) is 0 Å². The number of hydrogen-bond acceptors (Lipinski definition) is 5. The fourth-order valence-corrected chi connectivity index (χ4v) is 1.92. The van der Waals surface area contributed by atoms with Crippen LogP contribution < -0.4 is 16.6 Å². The Morgan fingerprint density at radius 3 is 3.00 bits per heavy atom. The monoisotopic (exact) mass is 236 g/mol. The van der Waals surface area contributed by atoms with Crippen molar-refractivity contribution in [1.82, 2.24) is 4.98 Å². The number of hydrogen-bond donors (Lipinski definition) is 3. The van der Waals surface area contributed by atoms with E-state index in [-0.39, 0.29) is 0 Å². The van der Waals surface area contributed by atoms with Gasteiger partial charge in [-0.25, -0.2) is 10.8 Å². The predicted octanol–water partition coefficient (Wildman–Crippen LogP) is 1.60. The minimum absolute atomic E-state index is 0.440. The topological polar surface area (TPSA) is 72.2 Å². The zero-order valence-corrected chi connectivity index (χ0v) is 10.2. The van der Waals surface area contributed by atoms with Gasteiger partial charge in [-0.15, -0.1) is 0 Å². The summed E-state index contributed by atoms with van der Waals surface area (Å²) in [6.07, 6.45) is 5.45. The first-order valence-electron chi connectivity index (χ1n) is 5.93. The SMILES string of the molecule is COCCC1(CNc2ccnc(NN)c2)CC1. The van der Waals surface area contributed by atoms with Crippen molar-refractivity contribution >= 4 is 11.5 Å². The number of pyridine rings is 1. The number of aromatic nitrogens is 1. The van der Waals surface area contributed by atoms with Crippen LogP contribution in [0.5, 0.6) is 0 Å². The number of hydrazine groups is 1. The van der Waals surface area contributed by atoms with Crippen molar-refractivity contribution in [3.05, 3.63) is 18.3 Å². The van der Waals surface area contributed by atoms with Crippen LogP contribution in [0.2, 0.25) is 0 Å². The lowest BCUT2D eigenvalue weighted by atomic mass is 10.0. The molecule has 0 aromatic carbocycles. The Labute approximate surface area is 102 Å². The van der Waals surface area contributed by atoms with Crippen molar-refractivity contribution in [2.45, 2.75) is 19.3 Å². The fourth-order valence-electron chi connectivity index (χ4n) is 1.92. The molecule has 1 aromatic rings. The van der Waals surface area contributed by atoms with Crippen LogP contribution in [0.4, 0.5) is 11.5 Å². The van der Waals surface area contributed by atoms with Crippen LogP contribution >= 0.6 is 0 Å². The van der Waals surface area contributed by atoms with Gasteiger partial charge in [-0.3, -0.25) is 0 Å². The van der Waals surface area contributed by atoms with Gasteiger partial charge < -0.3 is 15.5 Å². The molecule has 1 aliphatic rings. The summed E-state index contributed by atoms with van der Waals surface area (Å²) in [5.41, 5.74) is 4.04. The summed E-state index contributed by atoms with van der Waals surface area (Å²) in [5, 5.41) is 3.44. The molecule has 0 unspecified atom stereocenters. The number of anilines is 2. The lowest BCUT2D eigenvalue weighted by Gasteiger charge is -2.16. The third-order valence-electron chi connectivity index (χ3n) is 3.37. The molecular weight excluding hydrogens is 216 g/mol. The van der Waals surface area contributed by atoms with Crippen molar-refractivity contribution in [2.24, 2.45) is 11.3 Å². The molecule has 17 heavy (non-hydrogen) atoms. The second kappa shape index (κ2) is 5.33. The zero-order valence-electron chi connectivity index (χ0n) is 10.2. The highest BCUT2D eigenvalue weighted by Gasteiger charge is 2.41.